The number of carbonyl (C=O) groups is 3. The zero-order valence-corrected chi connectivity index (χ0v) is 16.3. The lowest BCUT2D eigenvalue weighted by atomic mass is 10.1. The van der Waals surface area contributed by atoms with E-state index in [1.165, 1.54) is 12.3 Å². The third-order valence-electron chi connectivity index (χ3n) is 4.01. The van der Waals surface area contributed by atoms with Gasteiger partial charge in [0, 0.05) is 11.4 Å². The van der Waals surface area contributed by atoms with E-state index in [4.69, 9.17) is 9.15 Å². The van der Waals surface area contributed by atoms with Crippen LogP contribution in [0.5, 0.6) is 0 Å². The van der Waals surface area contributed by atoms with Crippen LogP contribution in [-0.4, -0.2) is 30.9 Å². The monoisotopic (exact) mass is 412 g/mol. The summed E-state index contributed by atoms with van der Waals surface area (Å²) >= 11 is 1.61. The SMILES string of the molecule is O=C(COC(=O)C(NC(=O)c1ccco1)c1ccccc1)NCCc1cccs1. The summed E-state index contributed by atoms with van der Waals surface area (Å²) in [7, 11) is 0. The molecule has 0 fully saturated rings. The van der Waals surface area contributed by atoms with E-state index in [-0.39, 0.29) is 5.76 Å². The highest BCUT2D eigenvalue weighted by molar-refractivity contribution is 7.09. The molecule has 1 atom stereocenters. The van der Waals surface area contributed by atoms with Crippen molar-refractivity contribution in [1.29, 1.82) is 0 Å². The Morgan fingerprint density at radius 2 is 1.86 bits per heavy atom. The number of ether oxygens (including phenoxy) is 1. The number of benzene rings is 1. The molecule has 2 amide bonds. The van der Waals surface area contributed by atoms with Gasteiger partial charge in [0.15, 0.2) is 18.4 Å². The van der Waals surface area contributed by atoms with Crippen LogP contribution in [0.25, 0.3) is 0 Å². The summed E-state index contributed by atoms with van der Waals surface area (Å²) in [4.78, 5) is 38.0. The minimum Gasteiger partial charge on any atom is -0.459 e. The molecule has 0 saturated heterocycles. The highest BCUT2D eigenvalue weighted by Crippen LogP contribution is 2.16. The highest BCUT2D eigenvalue weighted by atomic mass is 32.1. The summed E-state index contributed by atoms with van der Waals surface area (Å²) in [6.07, 6.45) is 2.08. The molecule has 2 aromatic heterocycles. The lowest BCUT2D eigenvalue weighted by Crippen LogP contribution is -2.37. The number of thiophene rings is 1. The number of hydrogen-bond acceptors (Lipinski definition) is 6. The Kier molecular flexibility index (Phi) is 7.18. The van der Waals surface area contributed by atoms with E-state index in [0.717, 1.165) is 4.88 Å². The van der Waals surface area contributed by atoms with Gasteiger partial charge in [-0.15, -0.1) is 11.3 Å². The fourth-order valence-corrected chi connectivity index (χ4v) is 3.29. The summed E-state index contributed by atoms with van der Waals surface area (Å²) < 4.78 is 10.2. The molecule has 3 aromatic rings. The van der Waals surface area contributed by atoms with Crippen LogP contribution in [0.3, 0.4) is 0 Å². The van der Waals surface area contributed by atoms with Gasteiger partial charge in [0.2, 0.25) is 0 Å². The van der Waals surface area contributed by atoms with Gasteiger partial charge in [0.25, 0.3) is 11.8 Å². The maximum absolute atomic E-state index is 12.6. The molecule has 1 unspecified atom stereocenters. The second-order valence-electron chi connectivity index (χ2n) is 6.08. The van der Waals surface area contributed by atoms with Crippen molar-refractivity contribution in [2.45, 2.75) is 12.5 Å². The second-order valence-corrected chi connectivity index (χ2v) is 7.11. The number of esters is 1. The van der Waals surface area contributed by atoms with Gasteiger partial charge >= 0.3 is 5.97 Å². The van der Waals surface area contributed by atoms with E-state index in [2.05, 4.69) is 10.6 Å². The Morgan fingerprint density at radius 1 is 1.03 bits per heavy atom. The molecule has 0 saturated carbocycles. The Labute approximate surface area is 171 Å². The normalized spacial score (nSPS) is 11.4. The molecule has 29 heavy (non-hydrogen) atoms. The molecule has 0 bridgehead atoms. The third kappa shape index (κ3) is 6.05. The quantitative estimate of drug-likeness (QED) is 0.527. The van der Waals surface area contributed by atoms with Crippen LogP contribution in [-0.2, 0) is 20.7 Å². The fourth-order valence-electron chi connectivity index (χ4n) is 2.58. The molecule has 2 N–H and O–H groups in total. The Hall–Kier alpha value is -3.39. The number of nitrogens with one attached hydrogen (secondary N) is 2. The van der Waals surface area contributed by atoms with Crippen molar-refractivity contribution in [1.82, 2.24) is 10.6 Å². The van der Waals surface area contributed by atoms with E-state index in [1.807, 2.05) is 17.5 Å². The number of rotatable bonds is 9. The average Bonchev–Trinajstić information content (AvgIpc) is 3.45. The first-order valence-corrected chi connectivity index (χ1v) is 9.86. The number of amides is 2. The van der Waals surface area contributed by atoms with Crippen LogP contribution in [0.4, 0.5) is 0 Å². The topological polar surface area (TPSA) is 97.6 Å². The molecule has 0 aliphatic heterocycles. The molecular weight excluding hydrogens is 392 g/mol. The molecule has 3 rings (SSSR count). The van der Waals surface area contributed by atoms with Crippen LogP contribution < -0.4 is 10.6 Å². The minimum absolute atomic E-state index is 0.0741. The Bertz CT molecular complexity index is 923. The summed E-state index contributed by atoms with van der Waals surface area (Å²) in [6.45, 7) is 0.0253. The van der Waals surface area contributed by atoms with Crippen molar-refractivity contribution in [3.8, 4) is 0 Å². The minimum atomic E-state index is -1.06. The van der Waals surface area contributed by atoms with E-state index in [0.29, 0.717) is 18.5 Å². The van der Waals surface area contributed by atoms with E-state index >= 15 is 0 Å². The lowest BCUT2D eigenvalue weighted by molar-refractivity contribution is -0.150. The predicted molar refractivity (Wildman–Crippen MR) is 107 cm³/mol. The van der Waals surface area contributed by atoms with Crippen molar-refractivity contribution in [3.63, 3.8) is 0 Å². The van der Waals surface area contributed by atoms with E-state index in [9.17, 15) is 14.4 Å². The van der Waals surface area contributed by atoms with E-state index < -0.39 is 30.4 Å². The van der Waals surface area contributed by atoms with Gasteiger partial charge in [-0.1, -0.05) is 36.4 Å². The second kappa shape index (κ2) is 10.2. The van der Waals surface area contributed by atoms with Crippen molar-refractivity contribution in [2.24, 2.45) is 0 Å². The fraction of sp³-hybridized carbons (Fsp3) is 0.190. The first-order valence-electron chi connectivity index (χ1n) is 8.98. The molecule has 2 heterocycles. The average molecular weight is 412 g/mol. The molecule has 1 aromatic carbocycles. The molecule has 150 valence electrons. The largest absolute Gasteiger partial charge is 0.459 e. The smallest absolute Gasteiger partial charge is 0.333 e. The predicted octanol–water partition coefficient (Wildman–Crippen LogP) is 2.71. The van der Waals surface area contributed by atoms with Crippen molar-refractivity contribution < 1.29 is 23.5 Å². The van der Waals surface area contributed by atoms with Crippen LogP contribution in [0.1, 0.15) is 27.0 Å². The molecule has 8 heteroatoms. The van der Waals surface area contributed by atoms with Crippen LogP contribution in [0, 0.1) is 0 Å². The van der Waals surface area contributed by atoms with Crippen LogP contribution >= 0.6 is 11.3 Å². The van der Waals surface area contributed by atoms with Gasteiger partial charge < -0.3 is 19.8 Å². The molecule has 0 aliphatic carbocycles. The Balaban J connectivity index is 1.54. The van der Waals surface area contributed by atoms with Crippen molar-refractivity contribution >= 4 is 29.1 Å². The molecule has 0 spiro atoms. The van der Waals surface area contributed by atoms with Gasteiger partial charge in [-0.05, 0) is 35.6 Å². The van der Waals surface area contributed by atoms with Gasteiger partial charge in [0.05, 0.1) is 6.26 Å². The van der Waals surface area contributed by atoms with Crippen molar-refractivity contribution in [2.75, 3.05) is 13.2 Å². The highest BCUT2D eigenvalue weighted by Gasteiger charge is 2.26. The standard InChI is InChI=1S/C21H20N2O5S/c24-18(22-11-10-16-8-5-13-29-16)14-28-21(26)19(15-6-2-1-3-7-15)23-20(25)17-9-4-12-27-17/h1-9,12-13,19H,10-11,14H2,(H,22,24)(H,23,25). The van der Waals surface area contributed by atoms with Crippen LogP contribution in [0.15, 0.2) is 70.7 Å². The zero-order valence-electron chi connectivity index (χ0n) is 15.5. The summed E-state index contributed by atoms with van der Waals surface area (Å²) in [6, 6.07) is 14.6. The van der Waals surface area contributed by atoms with Gasteiger partial charge in [-0.25, -0.2) is 4.79 Å². The maximum Gasteiger partial charge on any atom is 0.333 e. The first-order chi connectivity index (χ1) is 14.1. The van der Waals surface area contributed by atoms with Gasteiger partial charge in [-0.2, -0.15) is 0 Å². The summed E-state index contributed by atoms with van der Waals surface area (Å²) in [5.74, 6) is -1.62. The maximum atomic E-state index is 12.6. The first kappa shape index (κ1) is 20.3. The Morgan fingerprint density at radius 3 is 2.55 bits per heavy atom. The zero-order chi connectivity index (χ0) is 20.5. The number of carbonyl (C=O) groups excluding carboxylic acids is 3. The molecule has 0 radical (unpaired) electrons. The molecule has 0 aliphatic rings. The molecule has 7 nitrogen and oxygen atoms in total. The van der Waals surface area contributed by atoms with Crippen molar-refractivity contribution in [3.05, 3.63) is 82.4 Å². The van der Waals surface area contributed by atoms with Crippen LogP contribution in [0.2, 0.25) is 0 Å². The summed E-state index contributed by atoms with van der Waals surface area (Å²) in [5.41, 5.74) is 0.538. The number of hydrogen-bond donors (Lipinski definition) is 2. The van der Waals surface area contributed by atoms with Gasteiger partial charge in [0.1, 0.15) is 0 Å². The van der Waals surface area contributed by atoms with E-state index in [1.54, 1.807) is 47.7 Å². The summed E-state index contributed by atoms with van der Waals surface area (Å²) in [5, 5.41) is 7.26. The lowest BCUT2D eigenvalue weighted by Gasteiger charge is -2.17. The number of furan rings is 1. The van der Waals surface area contributed by atoms with Gasteiger partial charge in [-0.3, -0.25) is 9.59 Å². The third-order valence-corrected chi connectivity index (χ3v) is 4.94. The molecular formula is C21H20N2O5S.